The zero-order chi connectivity index (χ0) is 2.00. The third kappa shape index (κ3) is 16.5. The number of rotatable bonds is 0. The van der Waals surface area contributed by atoms with Crippen LogP contribution in [0.5, 0.6) is 0 Å². The van der Waals surface area contributed by atoms with Crippen molar-refractivity contribution in [1.29, 1.82) is 0 Å². The average Bonchev–Trinajstić information content (AvgIpc) is 1.00. The fourth-order valence-corrected chi connectivity index (χ4v) is 0. The zero-order valence-corrected chi connectivity index (χ0v) is 6.01. The number of halogens is 1. The second-order valence-electron chi connectivity index (χ2n) is 0. The van der Waals surface area contributed by atoms with E-state index in [1.807, 2.05) is 0 Å². The van der Waals surface area contributed by atoms with Crippen LogP contribution in [0.4, 0.5) is 0 Å². The Morgan fingerprint density at radius 1 is 1.25 bits per heavy atom. The molecule has 0 spiro atoms. The molecule has 3 N–H and O–H groups in total. The molecule has 0 aromatic rings. The van der Waals surface area contributed by atoms with Gasteiger partial charge in [0.2, 0.25) is 0 Å². The Kier molecular flexibility index (Phi) is 326. The summed E-state index contributed by atoms with van der Waals surface area (Å²) in [6, 6.07) is 0. The molecule has 0 aliphatic rings. The van der Waals surface area contributed by atoms with Crippen molar-refractivity contribution in [3.63, 3.8) is 0 Å². The van der Waals surface area contributed by atoms with Crippen LogP contribution in [0.1, 0.15) is 0 Å². The van der Waals surface area contributed by atoms with Crippen molar-refractivity contribution in [3.8, 4) is 0 Å². The van der Waals surface area contributed by atoms with Gasteiger partial charge < -0.3 is 6.15 Å². The summed E-state index contributed by atoms with van der Waals surface area (Å²) in [5, 5.41) is 0. The molecular weight excluding hydrogens is 131 g/mol. The molecule has 0 aliphatic heterocycles. The zero-order valence-electron chi connectivity index (χ0n) is 2.23. The summed E-state index contributed by atoms with van der Waals surface area (Å²) in [5.41, 5.74) is 0. The normalized spacial score (nSPS) is 1.50. The molecule has 0 saturated heterocycles. The van der Waals surface area contributed by atoms with Gasteiger partial charge in [-0.05, 0) is 0 Å². The standard InChI is InChI=1S/ClH.H3N.O.Zn/h1H;1H3;;. The molecule has 0 aromatic heterocycles. The summed E-state index contributed by atoms with van der Waals surface area (Å²) in [4.78, 5) is 0. The monoisotopic (exact) mass is 133 g/mol. The summed E-state index contributed by atoms with van der Waals surface area (Å²) in [7, 11) is 0. The van der Waals surface area contributed by atoms with Crippen molar-refractivity contribution >= 4 is 12.4 Å². The maximum atomic E-state index is 8.38. The van der Waals surface area contributed by atoms with Crippen LogP contribution < -0.4 is 6.15 Å². The van der Waals surface area contributed by atoms with Crippen molar-refractivity contribution < 1.29 is 21.8 Å². The predicted molar refractivity (Wildman–Crippen MR) is 13.0 cm³/mol. The fourth-order valence-electron chi connectivity index (χ4n) is 0. The van der Waals surface area contributed by atoms with Crippen LogP contribution in [-0.4, -0.2) is 0 Å². The van der Waals surface area contributed by atoms with Crippen LogP contribution in [0.15, 0.2) is 0 Å². The SMILES string of the molecule is Cl.N.[O]=[Zn]. The van der Waals surface area contributed by atoms with Crippen LogP contribution in [0.3, 0.4) is 0 Å². The van der Waals surface area contributed by atoms with Gasteiger partial charge in [0.1, 0.15) is 0 Å². The van der Waals surface area contributed by atoms with Crippen molar-refractivity contribution in [2.75, 3.05) is 0 Å². The molecule has 24 valence electrons. The number of hydrogen-bond acceptors (Lipinski definition) is 2. The van der Waals surface area contributed by atoms with Gasteiger partial charge >= 0.3 is 21.8 Å². The van der Waals surface area contributed by atoms with Crippen molar-refractivity contribution in [1.82, 2.24) is 6.15 Å². The minimum absolute atomic E-state index is 0. The second-order valence-corrected chi connectivity index (χ2v) is 0. The van der Waals surface area contributed by atoms with Crippen LogP contribution in [0.2, 0.25) is 0 Å². The van der Waals surface area contributed by atoms with Crippen molar-refractivity contribution in [3.05, 3.63) is 0 Å². The molecule has 0 fully saturated rings. The van der Waals surface area contributed by atoms with Gasteiger partial charge in [0.15, 0.2) is 0 Å². The van der Waals surface area contributed by atoms with Gasteiger partial charge in [0.25, 0.3) is 0 Å². The van der Waals surface area contributed by atoms with E-state index in [1.165, 1.54) is 0 Å². The van der Waals surface area contributed by atoms with Crippen molar-refractivity contribution in [2.45, 2.75) is 0 Å². The van der Waals surface area contributed by atoms with Gasteiger partial charge in [-0.1, -0.05) is 0 Å². The third-order valence-electron chi connectivity index (χ3n) is 0. The molecule has 0 saturated carbocycles. The van der Waals surface area contributed by atoms with Gasteiger partial charge in [-0.2, -0.15) is 0 Å². The molecule has 2 nitrogen and oxygen atoms in total. The molecule has 0 amide bonds. The summed E-state index contributed by atoms with van der Waals surface area (Å²) in [5.74, 6) is 0. The van der Waals surface area contributed by atoms with Gasteiger partial charge in [-0.25, -0.2) is 0 Å². The van der Waals surface area contributed by atoms with E-state index in [2.05, 4.69) is 0 Å². The molecular formula is H4ClNOZn. The summed E-state index contributed by atoms with van der Waals surface area (Å²) in [6.45, 7) is 0. The fraction of sp³-hybridized carbons (Fsp3) is 0. The van der Waals surface area contributed by atoms with E-state index in [0.717, 1.165) is 0 Å². The van der Waals surface area contributed by atoms with E-state index in [4.69, 9.17) is 3.57 Å². The van der Waals surface area contributed by atoms with Crippen LogP contribution >= 0.6 is 12.4 Å². The first-order valence-corrected chi connectivity index (χ1v) is 1.50. The van der Waals surface area contributed by atoms with E-state index in [1.54, 1.807) is 0 Å². The quantitative estimate of drug-likeness (QED) is 0.490. The topological polar surface area (TPSA) is 52.1 Å². The van der Waals surface area contributed by atoms with Crippen molar-refractivity contribution in [2.24, 2.45) is 0 Å². The van der Waals surface area contributed by atoms with Gasteiger partial charge in [0.05, 0.1) is 0 Å². The van der Waals surface area contributed by atoms with Gasteiger partial charge in [-0.15, -0.1) is 12.4 Å². The first-order valence-electron chi connectivity index (χ1n) is 0.289. The third-order valence-corrected chi connectivity index (χ3v) is 0. The van der Waals surface area contributed by atoms with Crippen LogP contribution in [-0.2, 0) is 21.8 Å². The van der Waals surface area contributed by atoms with Crippen LogP contribution in [0, 0.1) is 0 Å². The molecule has 0 aliphatic carbocycles. The van der Waals surface area contributed by atoms with Crippen LogP contribution in [0.25, 0.3) is 0 Å². The first-order chi connectivity index (χ1) is 1.00. The number of hydrogen-bond donors (Lipinski definition) is 1. The Bertz CT molecular complexity index is 8.00. The van der Waals surface area contributed by atoms with Gasteiger partial charge in [0, 0.05) is 0 Å². The summed E-state index contributed by atoms with van der Waals surface area (Å²) >= 11 is 0.125. The Morgan fingerprint density at radius 2 is 1.25 bits per heavy atom. The van der Waals surface area contributed by atoms with E-state index in [9.17, 15) is 0 Å². The Morgan fingerprint density at radius 3 is 1.25 bits per heavy atom. The second kappa shape index (κ2) is 57.9. The molecule has 0 radical (unpaired) electrons. The molecule has 4 heavy (non-hydrogen) atoms. The van der Waals surface area contributed by atoms with Gasteiger partial charge in [-0.3, -0.25) is 0 Å². The molecule has 0 unspecified atom stereocenters. The molecule has 0 atom stereocenters. The minimum atomic E-state index is 0. The summed E-state index contributed by atoms with van der Waals surface area (Å²) < 4.78 is 8.38. The van der Waals surface area contributed by atoms with E-state index >= 15 is 0 Å². The molecule has 0 rings (SSSR count). The Hall–Kier alpha value is 0.673. The molecule has 4 heteroatoms. The molecule has 0 bridgehead atoms. The summed E-state index contributed by atoms with van der Waals surface area (Å²) in [6.07, 6.45) is 0. The maximum absolute atomic E-state index is 8.38. The predicted octanol–water partition coefficient (Wildman–Crippen LogP) is 0.462. The van der Waals surface area contributed by atoms with E-state index in [-0.39, 0.29) is 36.8 Å². The first kappa shape index (κ1) is 22.5. The Labute approximate surface area is 40.9 Å². The molecule has 0 aromatic carbocycles. The van der Waals surface area contributed by atoms with E-state index < -0.39 is 0 Å². The molecule has 0 heterocycles. The van der Waals surface area contributed by atoms with E-state index in [0.29, 0.717) is 0 Å². The average molecular weight is 135 g/mol. The Balaban J connectivity index is -0.00000000500.